The van der Waals surface area contributed by atoms with Crippen LogP contribution in [0.4, 0.5) is 5.69 Å². The second kappa shape index (κ2) is 9.24. The molecular weight excluding hydrogens is 400 g/mol. The van der Waals surface area contributed by atoms with Gasteiger partial charge in [0.2, 0.25) is 0 Å². The Labute approximate surface area is 188 Å². The zero-order valence-corrected chi connectivity index (χ0v) is 18.9. The van der Waals surface area contributed by atoms with Crippen LogP contribution in [0, 0.1) is 13.8 Å². The summed E-state index contributed by atoms with van der Waals surface area (Å²) in [6.07, 6.45) is 1.79. The number of nitrogens with zero attached hydrogens (tertiary/aromatic N) is 3. The smallest absolute Gasteiger partial charge is 0.255 e. The van der Waals surface area contributed by atoms with Gasteiger partial charge >= 0.3 is 0 Å². The van der Waals surface area contributed by atoms with E-state index in [0.717, 1.165) is 28.8 Å². The molecule has 6 heteroatoms. The van der Waals surface area contributed by atoms with Crippen molar-refractivity contribution in [3.8, 4) is 11.4 Å². The van der Waals surface area contributed by atoms with Crippen LogP contribution in [0.15, 0.2) is 67.0 Å². The summed E-state index contributed by atoms with van der Waals surface area (Å²) >= 11 is 0. The van der Waals surface area contributed by atoms with Gasteiger partial charge in [-0.2, -0.15) is 0 Å². The molecule has 1 amide bonds. The fourth-order valence-electron chi connectivity index (χ4n) is 3.52. The van der Waals surface area contributed by atoms with Gasteiger partial charge in [-0.25, -0.2) is 4.98 Å². The Morgan fingerprint density at radius 2 is 1.84 bits per heavy atom. The Hall–Kier alpha value is -3.64. The van der Waals surface area contributed by atoms with Crippen LogP contribution in [-0.4, -0.2) is 47.6 Å². The number of benzene rings is 3. The van der Waals surface area contributed by atoms with E-state index in [-0.39, 0.29) is 5.91 Å². The molecule has 0 spiro atoms. The van der Waals surface area contributed by atoms with Gasteiger partial charge in [-0.1, -0.05) is 18.2 Å². The topological polar surface area (TPSA) is 59.4 Å². The number of likely N-dealkylation sites (N-methyl/N-ethyl adjacent to an activating group) is 1. The third kappa shape index (κ3) is 4.81. The number of fused-ring (bicyclic) bond motifs is 1. The first-order valence-corrected chi connectivity index (χ1v) is 10.6. The second-order valence-electron chi connectivity index (χ2n) is 8.26. The standard InChI is InChI=1S/C26H28N4O2/c1-18-6-5-7-21(14-18)30-17-27-23-16-20(9-11-24(23)30)26(31)28-22-10-8-19(2)15-25(22)32-13-12-29(3)4/h5-11,14-17H,12-13H2,1-4H3,(H,28,31). The minimum Gasteiger partial charge on any atom is -0.490 e. The van der Waals surface area contributed by atoms with E-state index in [1.165, 1.54) is 5.56 Å². The average Bonchev–Trinajstić information content (AvgIpc) is 3.18. The van der Waals surface area contributed by atoms with E-state index in [1.807, 2.05) is 74.1 Å². The van der Waals surface area contributed by atoms with Crippen molar-refractivity contribution in [2.24, 2.45) is 0 Å². The molecule has 0 aliphatic rings. The molecular formula is C26H28N4O2. The number of amides is 1. The molecule has 1 N–H and O–H groups in total. The van der Waals surface area contributed by atoms with Crippen molar-refractivity contribution in [3.05, 3.63) is 83.7 Å². The molecule has 1 aromatic heterocycles. The highest BCUT2D eigenvalue weighted by atomic mass is 16.5. The molecule has 3 aromatic carbocycles. The zero-order valence-electron chi connectivity index (χ0n) is 18.9. The molecule has 0 aliphatic heterocycles. The molecule has 164 valence electrons. The number of nitrogens with one attached hydrogen (secondary N) is 1. The van der Waals surface area contributed by atoms with Gasteiger partial charge in [-0.15, -0.1) is 0 Å². The number of hydrogen-bond donors (Lipinski definition) is 1. The van der Waals surface area contributed by atoms with Crippen molar-refractivity contribution in [3.63, 3.8) is 0 Å². The van der Waals surface area contributed by atoms with Gasteiger partial charge in [0, 0.05) is 17.8 Å². The largest absolute Gasteiger partial charge is 0.490 e. The van der Waals surface area contributed by atoms with Gasteiger partial charge in [-0.05, 0) is 81.5 Å². The molecule has 4 rings (SSSR count). The molecule has 0 aliphatic carbocycles. The van der Waals surface area contributed by atoms with Gasteiger partial charge in [0.25, 0.3) is 5.91 Å². The average molecular weight is 429 g/mol. The van der Waals surface area contributed by atoms with Gasteiger partial charge in [0.1, 0.15) is 18.7 Å². The molecule has 0 radical (unpaired) electrons. The first-order valence-electron chi connectivity index (χ1n) is 10.6. The quantitative estimate of drug-likeness (QED) is 0.458. The van der Waals surface area contributed by atoms with E-state index in [2.05, 4.69) is 34.3 Å². The minimum absolute atomic E-state index is 0.196. The maximum atomic E-state index is 13.0. The Morgan fingerprint density at radius 1 is 1.03 bits per heavy atom. The normalized spacial score (nSPS) is 11.2. The predicted molar refractivity (Wildman–Crippen MR) is 129 cm³/mol. The van der Waals surface area contributed by atoms with Crippen LogP contribution >= 0.6 is 0 Å². The van der Waals surface area contributed by atoms with Crippen LogP contribution in [0.2, 0.25) is 0 Å². The lowest BCUT2D eigenvalue weighted by molar-refractivity contribution is 0.102. The molecule has 0 unspecified atom stereocenters. The van der Waals surface area contributed by atoms with Crippen molar-refractivity contribution in [1.82, 2.24) is 14.5 Å². The van der Waals surface area contributed by atoms with Crippen LogP contribution in [0.5, 0.6) is 5.75 Å². The summed E-state index contributed by atoms with van der Waals surface area (Å²) in [4.78, 5) is 19.6. The number of hydrogen-bond acceptors (Lipinski definition) is 4. The molecule has 4 aromatic rings. The SMILES string of the molecule is Cc1cccc(-n2cnc3cc(C(=O)Nc4ccc(C)cc4OCCN(C)C)ccc32)c1. The second-order valence-corrected chi connectivity index (χ2v) is 8.26. The number of carbonyl (C=O) groups excluding carboxylic acids is 1. The predicted octanol–water partition coefficient (Wildman–Crippen LogP) is 4.84. The summed E-state index contributed by atoms with van der Waals surface area (Å²) in [6.45, 7) is 5.40. The van der Waals surface area contributed by atoms with Gasteiger partial charge in [0.05, 0.1) is 16.7 Å². The van der Waals surface area contributed by atoms with E-state index in [1.54, 1.807) is 6.33 Å². The van der Waals surface area contributed by atoms with Crippen molar-refractivity contribution in [1.29, 1.82) is 0 Å². The van der Waals surface area contributed by atoms with E-state index in [4.69, 9.17) is 4.74 Å². The van der Waals surface area contributed by atoms with Gasteiger partial charge < -0.3 is 15.0 Å². The Kier molecular flexibility index (Phi) is 6.23. The van der Waals surface area contributed by atoms with Crippen LogP contribution in [0.3, 0.4) is 0 Å². The third-order valence-corrected chi connectivity index (χ3v) is 5.27. The molecule has 6 nitrogen and oxygen atoms in total. The summed E-state index contributed by atoms with van der Waals surface area (Å²) in [5.41, 5.74) is 6.23. The number of carbonyl (C=O) groups is 1. The molecule has 0 saturated heterocycles. The van der Waals surface area contributed by atoms with Gasteiger partial charge in [-0.3, -0.25) is 9.36 Å². The van der Waals surface area contributed by atoms with Crippen LogP contribution in [0.25, 0.3) is 16.7 Å². The molecule has 1 heterocycles. The number of aryl methyl sites for hydroxylation is 2. The summed E-state index contributed by atoms with van der Waals surface area (Å²) in [7, 11) is 4.00. The Balaban J connectivity index is 1.56. The third-order valence-electron chi connectivity index (χ3n) is 5.27. The highest BCUT2D eigenvalue weighted by molar-refractivity contribution is 6.06. The molecule has 0 atom stereocenters. The van der Waals surface area contributed by atoms with Gasteiger partial charge in [0.15, 0.2) is 0 Å². The van der Waals surface area contributed by atoms with E-state index < -0.39 is 0 Å². The zero-order chi connectivity index (χ0) is 22.7. The molecule has 0 bridgehead atoms. The molecule has 0 saturated carbocycles. The summed E-state index contributed by atoms with van der Waals surface area (Å²) in [5, 5.41) is 2.99. The highest BCUT2D eigenvalue weighted by Gasteiger charge is 2.13. The Morgan fingerprint density at radius 3 is 2.62 bits per heavy atom. The van der Waals surface area contributed by atoms with E-state index >= 15 is 0 Å². The monoisotopic (exact) mass is 428 g/mol. The highest BCUT2D eigenvalue weighted by Crippen LogP contribution is 2.27. The first kappa shape index (κ1) is 21.6. The fourth-order valence-corrected chi connectivity index (χ4v) is 3.52. The summed E-state index contributed by atoms with van der Waals surface area (Å²) in [6, 6.07) is 19.6. The maximum Gasteiger partial charge on any atom is 0.255 e. The van der Waals surface area contributed by atoms with Crippen molar-refractivity contribution in [2.75, 3.05) is 32.6 Å². The molecule has 0 fully saturated rings. The van der Waals surface area contributed by atoms with Crippen LogP contribution < -0.4 is 10.1 Å². The van der Waals surface area contributed by atoms with Crippen molar-refractivity contribution < 1.29 is 9.53 Å². The lowest BCUT2D eigenvalue weighted by Gasteiger charge is -2.15. The fraction of sp³-hybridized carbons (Fsp3) is 0.231. The minimum atomic E-state index is -0.196. The number of anilines is 1. The molecule has 32 heavy (non-hydrogen) atoms. The van der Waals surface area contributed by atoms with Crippen LogP contribution in [-0.2, 0) is 0 Å². The Bertz CT molecular complexity index is 1260. The summed E-state index contributed by atoms with van der Waals surface area (Å²) < 4.78 is 7.95. The lowest BCUT2D eigenvalue weighted by Crippen LogP contribution is -2.20. The van der Waals surface area contributed by atoms with E-state index in [9.17, 15) is 4.79 Å². The lowest BCUT2D eigenvalue weighted by atomic mass is 10.1. The van der Waals surface area contributed by atoms with Crippen molar-refractivity contribution in [2.45, 2.75) is 13.8 Å². The number of imidazole rings is 1. The number of ether oxygens (including phenoxy) is 1. The van der Waals surface area contributed by atoms with E-state index in [0.29, 0.717) is 23.6 Å². The maximum absolute atomic E-state index is 13.0. The van der Waals surface area contributed by atoms with Crippen molar-refractivity contribution >= 4 is 22.6 Å². The summed E-state index contributed by atoms with van der Waals surface area (Å²) in [5.74, 6) is 0.475. The number of rotatable bonds is 7. The first-order chi connectivity index (χ1) is 15.4. The van der Waals surface area contributed by atoms with Crippen LogP contribution in [0.1, 0.15) is 21.5 Å². The number of aromatic nitrogens is 2.